The van der Waals surface area contributed by atoms with Crippen molar-refractivity contribution >= 4 is 80.2 Å². The predicted molar refractivity (Wildman–Crippen MR) is 180 cm³/mol. The van der Waals surface area contributed by atoms with E-state index in [2.05, 4.69) is 56.2 Å². The summed E-state index contributed by atoms with van der Waals surface area (Å²) in [4.78, 5) is 30.4. The minimum Gasteiger partial charge on any atom is -0.487 e. The summed E-state index contributed by atoms with van der Waals surface area (Å²) < 4.78 is 56.7. The Bertz CT molecular complexity index is 2050. The van der Waals surface area contributed by atoms with E-state index in [1.54, 1.807) is 36.4 Å². The number of halogens is 6. The van der Waals surface area contributed by atoms with Crippen molar-refractivity contribution in [1.82, 2.24) is 4.57 Å². The third-order valence-corrected chi connectivity index (χ3v) is 9.45. The lowest BCUT2D eigenvalue weighted by atomic mass is 9.95. The van der Waals surface area contributed by atoms with Crippen molar-refractivity contribution in [2.75, 3.05) is 6.61 Å². The summed E-state index contributed by atoms with van der Waals surface area (Å²) in [6.45, 7) is 1.47. The van der Waals surface area contributed by atoms with Gasteiger partial charge in [0, 0.05) is 10.6 Å². The summed E-state index contributed by atoms with van der Waals surface area (Å²) in [6, 6.07) is 17.2. The number of allylic oxidation sites excluding steroid dienone is 1. The smallest absolute Gasteiger partial charge is 0.434 e. The van der Waals surface area contributed by atoms with Crippen molar-refractivity contribution in [2.45, 2.75) is 25.7 Å². The van der Waals surface area contributed by atoms with Crippen molar-refractivity contribution in [1.29, 1.82) is 5.26 Å². The second kappa shape index (κ2) is 13.7. The molecule has 0 spiro atoms. The van der Waals surface area contributed by atoms with Crippen LogP contribution in [0.15, 0.2) is 81.7 Å². The van der Waals surface area contributed by atoms with Gasteiger partial charge in [0.15, 0.2) is 10.5 Å². The van der Waals surface area contributed by atoms with Crippen LogP contribution in [0.25, 0.3) is 6.08 Å². The number of carbonyl (C=O) groups is 1. The number of benzene rings is 3. The molecule has 1 aliphatic heterocycles. The summed E-state index contributed by atoms with van der Waals surface area (Å²) >= 11 is 11.0. The average Bonchev–Trinajstić information content (AvgIpc) is 3.30. The third-order valence-electron chi connectivity index (χ3n) is 6.61. The zero-order valence-corrected chi connectivity index (χ0v) is 28.9. The molecule has 2 heterocycles. The van der Waals surface area contributed by atoms with Gasteiger partial charge in [-0.05, 0) is 99.6 Å². The molecule has 0 saturated heterocycles. The molecule has 3 aromatic carbocycles. The largest absolute Gasteiger partial charge is 0.487 e. The normalized spacial score (nSPS) is 14.9. The van der Waals surface area contributed by atoms with E-state index >= 15 is 0 Å². The topological polar surface area (TPSA) is 93.7 Å². The first kappa shape index (κ1) is 33.2. The molecule has 0 fully saturated rings. The second-order valence-electron chi connectivity index (χ2n) is 9.49. The molecular formula is C31H19ClF3I2N3O4S. The number of nitriles is 1. The third kappa shape index (κ3) is 6.98. The Hall–Kier alpha value is -3.20. The summed E-state index contributed by atoms with van der Waals surface area (Å²) in [5, 5.41) is 9.69. The molecule has 230 valence electrons. The van der Waals surface area contributed by atoms with Gasteiger partial charge < -0.3 is 9.47 Å². The number of hydrogen-bond acceptors (Lipinski definition) is 7. The Kier molecular flexibility index (Phi) is 10.1. The molecule has 0 radical (unpaired) electrons. The van der Waals surface area contributed by atoms with Gasteiger partial charge in [-0.25, -0.2) is 9.79 Å². The first-order chi connectivity index (χ1) is 21.4. The van der Waals surface area contributed by atoms with Crippen LogP contribution < -0.4 is 19.6 Å². The molecule has 0 N–H and O–H groups in total. The van der Waals surface area contributed by atoms with Crippen molar-refractivity contribution < 1.29 is 27.4 Å². The fourth-order valence-corrected chi connectivity index (χ4v) is 7.91. The number of nitrogens with zero attached hydrogens (tertiary/aromatic N) is 3. The molecule has 0 bridgehead atoms. The number of alkyl halides is 3. The molecular weight excluding hydrogens is 857 g/mol. The Morgan fingerprint density at radius 2 is 1.82 bits per heavy atom. The maximum Gasteiger partial charge on any atom is 0.434 e. The fraction of sp³-hybridized carbons (Fsp3) is 0.161. The van der Waals surface area contributed by atoms with Gasteiger partial charge in [-0.1, -0.05) is 53.3 Å². The highest BCUT2D eigenvalue weighted by atomic mass is 127. The molecule has 1 atom stereocenters. The van der Waals surface area contributed by atoms with Gasteiger partial charge in [0.05, 0.1) is 41.5 Å². The number of carbonyl (C=O) groups excluding carboxylic acids is 1. The van der Waals surface area contributed by atoms with Crippen molar-refractivity contribution in [3.05, 3.63) is 126 Å². The fourth-order valence-electron chi connectivity index (χ4n) is 4.66. The van der Waals surface area contributed by atoms with Crippen LogP contribution in [0.4, 0.5) is 13.2 Å². The van der Waals surface area contributed by atoms with E-state index in [4.69, 9.17) is 21.1 Å². The van der Waals surface area contributed by atoms with E-state index in [0.29, 0.717) is 21.9 Å². The summed E-state index contributed by atoms with van der Waals surface area (Å²) in [5.41, 5.74) is -0.761. The SMILES string of the molecule is CCOC(=O)C1=C(C(F)(F)F)N=c2s/c(=C\c3cc(I)c(OCc4ccccc4C#N)c(I)c3)c(=O)n2[C@@H]1c1ccc(Cl)cc1. The lowest BCUT2D eigenvalue weighted by molar-refractivity contribution is -0.140. The molecule has 45 heavy (non-hydrogen) atoms. The van der Waals surface area contributed by atoms with E-state index in [-0.39, 0.29) is 28.1 Å². The Morgan fingerprint density at radius 1 is 1.16 bits per heavy atom. The van der Waals surface area contributed by atoms with Gasteiger partial charge in [-0.15, -0.1) is 0 Å². The summed E-state index contributed by atoms with van der Waals surface area (Å²) in [5.74, 6) is -0.640. The minimum absolute atomic E-state index is 0.113. The summed E-state index contributed by atoms with van der Waals surface area (Å²) in [6.07, 6.45) is -3.44. The average molecular weight is 876 g/mol. The molecule has 0 saturated carbocycles. The number of fused-ring (bicyclic) bond motifs is 1. The molecule has 5 rings (SSSR count). The molecule has 0 aliphatic carbocycles. The quantitative estimate of drug-likeness (QED) is 0.153. The zero-order valence-electron chi connectivity index (χ0n) is 23.0. The van der Waals surface area contributed by atoms with Crippen LogP contribution in [-0.4, -0.2) is 23.3 Å². The highest BCUT2D eigenvalue weighted by Crippen LogP contribution is 2.38. The van der Waals surface area contributed by atoms with E-state index in [9.17, 15) is 28.0 Å². The van der Waals surface area contributed by atoms with E-state index in [0.717, 1.165) is 28.6 Å². The molecule has 1 aliphatic rings. The highest BCUT2D eigenvalue weighted by Gasteiger charge is 2.45. The zero-order chi connectivity index (χ0) is 32.5. The highest BCUT2D eigenvalue weighted by molar-refractivity contribution is 14.1. The second-order valence-corrected chi connectivity index (χ2v) is 13.3. The van der Waals surface area contributed by atoms with Crippen molar-refractivity contribution in [2.24, 2.45) is 4.99 Å². The van der Waals surface area contributed by atoms with Crippen molar-refractivity contribution in [3.8, 4) is 11.8 Å². The molecule has 4 aromatic rings. The Balaban J connectivity index is 1.62. The van der Waals surface area contributed by atoms with Gasteiger partial charge >= 0.3 is 12.1 Å². The maximum absolute atomic E-state index is 14.3. The van der Waals surface area contributed by atoms with Crippen LogP contribution >= 0.6 is 68.1 Å². The van der Waals surface area contributed by atoms with Crippen LogP contribution in [-0.2, 0) is 16.1 Å². The Morgan fingerprint density at radius 3 is 2.44 bits per heavy atom. The molecule has 0 amide bonds. The van der Waals surface area contributed by atoms with Gasteiger partial charge in [-0.2, -0.15) is 18.4 Å². The van der Waals surface area contributed by atoms with Crippen LogP contribution in [0.1, 0.15) is 35.2 Å². The lowest BCUT2D eigenvalue weighted by Crippen LogP contribution is -2.41. The number of aromatic nitrogens is 1. The first-order valence-corrected chi connectivity index (χ1v) is 16.4. The minimum atomic E-state index is -5.00. The monoisotopic (exact) mass is 875 g/mol. The maximum atomic E-state index is 14.3. The number of thiazole rings is 1. The molecule has 14 heteroatoms. The van der Waals surface area contributed by atoms with E-state index < -0.39 is 35.0 Å². The van der Waals surface area contributed by atoms with Gasteiger partial charge in [0.1, 0.15) is 12.4 Å². The summed E-state index contributed by atoms with van der Waals surface area (Å²) in [7, 11) is 0. The first-order valence-electron chi connectivity index (χ1n) is 13.1. The standard InChI is InChI=1S/C31H19ClF3I2N3O4S/c1-2-43-29(42)24-25(17-7-9-20(32)10-8-17)40-28(41)23(45-30(40)39-27(24)31(33,34)35)13-16-11-21(36)26(22(37)12-16)44-15-19-6-4-3-5-18(19)14-38/h3-13,25H,2,15H2,1H3/b23-13-/t25-/m1/s1. The van der Waals surface area contributed by atoms with Gasteiger partial charge in [-0.3, -0.25) is 9.36 Å². The van der Waals surface area contributed by atoms with E-state index in [1.807, 2.05) is 6.07 Å². The van der Waals surface area contributed by atoms with Crippen LogP contribution in [0.3, 0.4) is 0 Å². The van der Waals surface area contributed by atoms with Gasteiger partial charge in [0.25, 0.3) is 5.56 Å². The number of rotatable bonds is 7. The van der Waals surface area contributed by atoms with Crippen LogP contribution in [0.5, 0.6) is 5.75 Å². The van der Waals surface area contributed by atoms with Crippen molar-refractivity contribution in [3.63, 3.8) is 0 Å². The number of hydrogen-bond donors (Lipinski definition) is 0. The van der Waals surface area contributed by atoms with E-state index in [1.165, 1.54) is 31.2 Å². The molecule has 0 unspecified atom stereocenters. The Labute approximate surface area is 290 Å². The lowest BCUT2D eigenvalue weighted by Gasteiger charge is -2.26. The van der Waals surface area contributed by atoms with Gasteiger partial charge in [0.2, 0.25) is 0 Å². The number of esters is 1. The molecule has 1 aromatic heterocycles. The predicted octanol–water partition coefficient (Wildman–Crippen LogP) is 6.65. The number of ether oxygens (including phenoxy) is 2. The molecule has 7 nitrogen and oxygen atoms in total. The van der Waals surface area contributed by atoms with Crippen LogP contribution in [0, 0.1) is 18.5 Å². The van der Waals surface area contributed by atoms with Crippen LogP contribution in [0.2, 0.25) is 5.02 Å².